The van der Waals surface area contributed by atoms with Gasteiger partial charge in [-0.15, -0.1) is 0 Å². The smallest absolute Gasteiger partial charge is 0.259 e. The first-order valence-electron chi connectivity index (χ1n) is 10.4. The Kier molecular flexibility index (Phi) is 3.78. The molecule has 4 heteroatoms. The van der Waals surface area contributed by atoms with E-state index in [2.05, 4.69) is 0 Å². The fourth-order valence-electron chi connectivity index (χ4n) is 4.56. The number of rotatable bonds is 3. The van der Waals surface area contributed by atoms with Crippen LogP contribution in [0, 0.1) is 13.8 Å². The molecule has 150 valence electrons. The number of amides is 1. The van der Waals surface area contributed by atoms with E-state index >= 15 is 0 Å². The fraction of sp³-hybridized carbons (Fsp3) is 0.111. The number of hydrogen-bond donors (Lipinski definition) is 0. The molecule has 0 bridgehead atoms. The lowest BCUT2D eigenvalue weighted by Crippen LogP contribution is -2.26. The Labute approximate surface area is 179 Å². The van der Waals surface area contributed by atoms with Gasteiger partial charge in [-0.1, -0.05) is 54.6 Å². The molecule has 31 heavy (non-hydrogen) atoms. The maximum Gasteiger partial charge on any atom is 0.259 e. The SMILES string of the molecule is Cc1c(-c2cc3c4c(ccc(C)c4n2)N(Cc2ccccc2)C3=O)oc2ccccc12. The average Bonchev–Trinajstić information content (AvgIpc) is 3.27. The van der Waals surface area contributed by atoms with E-state index in [9.17, 15) is 4.79 Å². The molecule has 4 nitrogen and oxygen atoms in total. The summed E-state index contributed by atoms with van der Waals surface area (Å²) in [5, 5.41) is 2.00. The van der Waals surface area contributed by atoms with Gasteiger partial charge >= 0.3 is 0 Å². The van der Waals surface area contributed by atoms with Gasteiger partial charge in [0.15, 0.2) is 5.76 Å². The summed E-state index contributed by atoms with van der Waals surface area (Å²) in [5.74, 6) is 0.727. The standard InChI is InChI=1S/C27H20N2O2/c1-16-12-13-22-24-20(27(30)29(22)15-18-8-4-3-5-9-18)14-21(28-25(16)24)26-17(2)19-10-6-7-11-23(19)31-26/h3-14H,15H2,1-2H3. The van der Waals surface area contributed by atoms with Crippen molar-refractivity contribution in [2.24, 2.45) is 0 Å². The summed E-state index contributed by atoms with van der Waals surface area (Å²) < 4.78 is 6.16. The van der Waals surface area contributed by atoms with E-state index in [1.807, 2.05) is 91.5 Å². The highest BCUT2D eigenvalue weighted by atomic mass is 16.3. The maximum atomic E-state index is 13.5. The number of para-hydroxylation sites is 1. The van der Waals surface area contributed by atoms with Crippen molar-refractivity contribution in [3.8, 4) is 11.5 Å². The lowest BCUT2D eigenvalue weighted by molar-refractivity contribution is 0.0991. The molecule has 1 amide bonds. The van der Waals surface area contributed by atoms with Gasteiger partial charge in [-0.25, -0.2) is 4.98 Å². The zero-order valence-electron chi connectivity index (χ0n) is 17.3. The summed E-state index contributed by atoms with van der Waals surface area (Å²) in [7, 11) is 0. The van der Waals surface area contributed by atoms with E-state index < -0.39 is 0 Å². The number of aromatic nitrogens is 1. The Morgan fingerprint density at radius 2 is 1.71 bits per heavy atom. The highest BCUT2D eigenvalue weighted by Gasteiger charge is 2.32. The normalized spacial score (nSPS) is 13.0. The van der Waals surface area contributed by atoms with Crippen LogP contribution in [-0.2, 0) is 6.54 Å². The van der Waals surface area contributed by atoms with Crippen LogP contribution in [0.2, 0.25) is 0 Å². The molecule has 2 aromatic heterocycles. The number of aryl methyl sites for hydroxylation is 2. The third-order valence-corrected chi connectivity index (χ3v) is 6.17. The minimum atomic E-state index is 0.00636. The lowest BCUT2D eigenvalue weighted by Gasteiger charge is -2.17. The Balaban J connectivity index is 1.55. The minimum absolute atomic E-state index is 0.00636. The second kappa shape index (κ2) is 6.54. The number of fused-ring (bicyclic) bond motifs is 1. The predicted molar refractivity (Wildman–Crippen MR) is 123 cm³/mol. The van der Waals surface area contributed by atoms with Crippen molar-refractivity contribution in [3.63, 3.8) is 0 Å². The van der Waals surface area contributed by atoms with Crippen molar-refractivity contribution in [1.82, 2.24) is 4.98 Å². The number of carbonyl (C=O) groups is 1. The molecule has 3 heterocycles. The van der Waals surface area contributed by atoms with Crippen molar-refractivity contribution in [2.45, 2.75) is 20.4 Å². The summed E-state index contributed by atoms with van der Waals surface area (Å²) in [6, 6.07) is 24.0. The van der Waals surface area contributed by atoms with Crippen LogP contribution < -0.4 is 4.90 Å². The van der Waals surface area contributed by atoms with Gasteiger partial charge in [-0.3, -0.25) is 4.79 Å². The first-order valence-corrected chi connectivity index (χ1v) is 10.4. The first-order chi connectivity index (χ1) is 15.1. The number of pyridine rings is 1. The molecular weight excluding hydrogens is 384 g/mol. The molecule has 6 rings (SSSR count). The van der Waals surface area contributed by atoms with Crippen LogP contribution in [0.5, 0.6) is 0 Å². The van der Waals surface area contributed by atoms with E-state index in [-0.39, 0.29) is 5.91 Å². The van der Waals surface area contributed by atoms with Gasteiger partial charge in [0.2, 0.25) is 0 Å². The third kappa shape index (κ3) is 2.61. The Morgan fingerprint density at radius 1 is 0.935 bits per heavy atom. The second-order valence-electron chi connectivity index (χ2n) is 8.11. The molecule has 0 fully saturated rings. The van der Waals surface area contributed by atoms with Crippen molar-refractivity contribution >= 4 is 33.5 Å². The molecule has 0 saturated carbocycles. The molecule has 0 unspecified atom stereocenters. The molecule has 3 aromatic carbocycles. The van der Waals surface area contributed by atoms with E-state index in [4.69, 9.17) is 9.40 Å². The van der Waals surface area contributed by atoms with Crippen LogP contribution in [0.1, 0.15) is 27.0 Å². The number of hydrogen-bond acceptors (Lipinski definition) is 3. The van der Waals surface area contributed by atoms with Crippen molar-refractivity contribution in [3.05, 3.63) is 95.1 Å². The molecule has 0 N–H and O–H groups in total. The predicted octanol–water partition coefficient (Wildman–Crippen LogP) is 6.43. The van der Waals surface area contributed by atoms with E-state index in [0.717, 1.165) is 50.0 Å². The summed E-state index contributed by atoms with van der Waals surface area (Å²) >= 11 is 0. The molecule has 1 aliphatic rings. The van der Waals surface area contributed by atoms with Gasteiger partial charge in [-0.2, -0.15) is 0 Å². The zero-order valence-corrected chi connectivity index (χ0v) is 17.3. The van der Waals surface area contributed by atoms with Gasteiger partial charge in [-0.05, 0) is 43.2 Å². The van der Waals surface area contributed by atoms with Gasteiger partial charge in [0, 0.05) is 16.3 Å². The number of anilines is 1. The Morgan fingerprint density at radius 3 is 2.52 bits per heavy atom. The van der Waals surface area contributed by atoms with Crippen molar-refractivity contribution < 1.29 is 9.21 Å². The molecule has 0 aliphatic carbocycles. The highest BCUT2D eigenvalue weighted by molar-refractivity contribution is 6.25. The average molecular weight is 404 g/mol. The van der Waals surface area contributed by atoms with Crippen molar-refractivity contribution in [2.75, 3.05) is 4.90 Å². The number of benzene rings is 3. The fourth-order valence-corrected chi connectivity index (χ4v) is 4.56. The highest BCUT2D eigenvalue weighted by Crippen LogP contribution is 2.42. The van der Waals surface area contributed by atoms with E-state index in [0.29, 0.717) is 17.8 Å². The third-order valence-electron chi connectivity index (χ3n) is 6.17. The topological polar surface area (TPSA) is 46.3 Å². The summed E-state index contributed by atoms with van der Waals surface area (Å²) in [4.78, 5) is 20.3. The van der Waals surface area contributed by atoms with Crippen LogP contribution in [0.15, 0.2) is 77.2 Å². The molecule has 0 saturated heterocycles. The summed E-state index contributed by atoms with van der Waals surface area (Å²) in [5.41, 5.74) is 7.17. The Bertz CT molecular complexity index is 1500. The van der Waals surface area contributed by atoms with Crippen LogP contribution >= 0.6 is 0 Å². The van der Waals surface area contributed by atoms with E-state index in [1.165, 1.54) is 0 Å². The molecular formula is C27H20N2O2. The quantitative estimate of drug-likeness (QED) is 0.348. The lowest BCUT2D eigenvalue weighted by atomic mass is 10.0. The summed E-state index contributed by atoms with van der Waals surface area (Å²) in [6.07, 6.45) is 0. The van der Waals surface area contributed by atoms with Gasteiger partial charge < -0.3 is 9.32 Å². The largest absolute Gasteiger partial charge is 0.454 e. The molecule has 5 aromatic rings. The molecule has 1 aliphatic heterocycles. The first kappa shape index (κ1) is 17.9. The Hall–Kier alpha value is -3.92. The van der Waals surface area contributed by atoms with Crippen LogP contribution in [0.25, 0.3) is 33.3 Å². The second-order valence-corrected chi connectivity index (χ2v) is 8.11. The minimum Gasteiger partial charge on any atom is -0.454 e. The number of carbonyl (C=O) groups excluding carboxylic acids is 1. The molecule has 0 radical (unpaired) electrons. The zero-order chi connectivity index (χ0) is 21.1. The van der Waals surface area contributed by atoms with Crippen LogP contribution in [-0.4, -0.2) is 10.9 Å². The number of furan rings is 1. The van der Waals surface area contributed by atoms with E-state index in [1.54, 1.807) is 0 Å². The van der Waals surface area contributed by atoms with Gasteiger partial charge in [0.25, 0.3) is 5.91 Å². The maximum absolute atomic E-state index is 13.5. The van der Waals surface area contributed by atoms with Crippen molar-refractivity contribution in [1.29, 1.82) is 0 Å². The van der Waals surface area contributed by atoms with Gasteiger partial charge in [0.1, 0.15) is 11.3 Å². The number of nitrogens with zero attached hydrogens (tertiary/aromatic N) is 2. The van der Waals surface area contributed by atoms with Gasteiger partial charge in [0.05, 0.1) is 23.3 Å². The van der Waals surface area contributed by atoms with Crippen LogP contribution in [0.4, 0.5) is 5.69 Å². The monoisotopic (exact) mass is 404 g/mol. The molecule has 0 atom stereocenters. The molecule has 0 spiro atoms. The summed E-state index contributed by atoms with van der Waals surface area (Å²) in [6.45, 7) is 4.61. The van der Waals surface area contributed by atoms with Crippen LogP contribution in [0.3, 0.4) is 0 Å².